The maximum atomic E-state index is 12.3. The molecule has 4 heteroatoms. The molecule has 1 heterocycles. The Hall–Kier alpha value is -1.68. The van der Waals surface area contributed by atoms with E-state index in [-0.39, 0.29) is 5.56 Å². The van der Waals surface area contributed by atoms with Crippen LogP contribution in [0.15, 0.2) is 35.4 Å². The Morgan fingerprint density at radius 2 is 2.05 bits per heavy atom. The molecular formula is C16H21N3O. The van der Waals surface area contributed by atoms with Crippen LogP contribution in [0.2, 0.25) is 0 Å². The van der Waals surface area contributed by atoms with Crippen LogP contribution in [0, 0.1) is 0 Å². The number of fused-ring (bicyclic) bond motifs is 1. The molecule has 0 bridgehead atoms. The summed E-state index contributed by atoms with van der Waals surface area (Å²) in [7, 11) is 0. The Bertz CT molecular complexity index is 629. The molecule has 1 aliphatic rings. The largest absolute Gasteiger partial charge is 0.314 e. The van der Waals surface area contributed by atoms with Gasteiger partial charge in [-0.1, -0.05) is 25.0 Å². The Morgan fingerprint density at radius 1 is 1.25 bits per heavy atom. The van der Waals surface area contributed by atoms with Crippen LogP contribution in [0.25, 0.3) is 10.9 Å². The van der Waals surface area contributed by atoms with E-state index in [0.717, 1.165) is 25.0 Å². The van der Waals surface area contributed by atoms with Crippen molar-refractivity contribution in [2.75, 3.05) is 6.54 Å². The van der Waals surface area contributed by atoms with Crippen molar-refractivity contribution >= 4 is 10.9 Å². The molecule has 0 amide bonds. The van der Waals surface area contributed by atoms with Gasteiger partial charge in [0.15, 0.2) is 0 Å². The Morgan fingerprint density at radius 3 is 2.90 bits per heavy atom. The number of nitrogens with zero attached hydrogens (tertiary/aromatic N) is 2. The number of hydrogen-bond donors (Lipinski definition) is 1. The third-order valence-corrected chi connectivity index (χ3v) is 4.10. The minimum Gasteiger partial charge on any atom is -0.314 e. The molecule has 0 radical (unpaired) electrons. The molecule has 20 heavy (non-hydrogen) atoms. The van der Waals surface area contributed by atoms with Crippen molar-refractivity contribution in [3.8, 4) is 0 Å². The minimum absolute atomic E-state index is 0.0662. The number of benzene rings is 1. The molecule has 0 saturated heterocycles. The van der Waals surface area contributed by atoms with Gasteiger partial charge < -0.3 is 5.32 Å². The molecule has 3 rings (SSSR count). The van der Waals surface area contributed by atoms with Gasteiger partial charge in [0.25, 0.3) is 5.56 Å². The number of aryl methyl sites for hydroxylation is 1. The van der Waals surface area contributed by atoms with Gasteiger partial charge in [-0.25, -0.2) is 4.98 Å². The van der Waals surface area contributed by atoms with E-state index in [1.54, 1.807) is 10.9 Å². The van der Waals surface area contributed by atoms with Gasteiger partial charge in [0.05, 0.1) is 17.2 Å². The summed E-state index contributed by atoms with van der Waals surface area (Å²) in [6.45, 7) is 1.71. The zero-order chi connectivity index (χ0) is 13.8. The second kappa shape index (κ2) is 6.18. The van der Waals surface area contributed by atoms with Crippen molar-refractivity contribution in [2.45, 2.75) is 44.7 Å². The minimum atomic E-state index is 0.0662. The van der Waals surface area contributed by atoms with Gasteiger partial charge in [-0.05, 0) is 37.9 Å². The van der Waals surface area contributed by atoms with E-state index in [0.29, 0.717) is 11.4 Å². The van der Waals surface area contributed by atoms with Gasteiger partial charge in [-0.3, -0.25) is 9.36 Å². The van der Waals surface area contributed by atoms with Crippen LogP contribution in [0.1, 0.15) is 32.1 Å². The van der Waals surface area contributed by atoms with Gasteiger partial charge in [-0.2, -0.15) is 0 Å². The maximum Gasteiger partial charge on any atom is 0.261 e. The average molecular weight is 271 g/mol. The highest BCUT2D eigenvalue weighted by atomic mass is 16.1. The lowest BCUT2D eigenvalue weighted by atomic mass is 10.2. The normalized spacial score (nSPS) is 16.0. The highest BCUT2D eigenvalue weighted by Crippen LogP contribution is 2.17. The molecule has 1 aromatic heterocycles. The first-order chi connectivity index (χ1) is 9.84. The SMILES string of the molecule is O=c1c2ccccc2ncn1CCCNC1CCCC1. The summed E-state index contributed by atoms with van der Waals surface area (Å²) in [5.74, 6) is 0. The molecule has 4 nitrogen and oxygen atoms in total. The summed E-state index contributed by atoms with van der Waals surface area (Å²) < 4.78 is 1.72. The molecule has 106 valence electrons. The van der Waals surface area contributed by atoms with Crippen molar-refractivity contribution < 1.29 is 0 Å². The molecular weight excluding hydrogens is 250 g/mol. The highest BCUT2D eigenvalue weighted by Gasteiger charge is 2.13. The maximum absolute atomic E-state index is 12.3. The molecule has 2 aromatic rings. The topological polar surface area (TPSA) is 46.9 Å². The zero-order valence-corrected chi connectivity index (χ0v) is 11.7. The van der Waals surface area contributed by atoms with Crippen LogP contribution in [0.5, 0.6) is 0 Å². The third-order valence-electron chi connectivity index (χ3n) is 4.10. The fourth-order valence-corrected chi connectivity index (χ4v) is 2.95. The average Bonchev–Trinajstić information content (AvgIpc) is 2.99. The van der Waals surface area contributed by atoms with E-state index in [1.165, 1.54) is 25.7 Å². The van der Waals surface area contributed by atoms with E-state index >= 15 is 0 Å². The first-order valence-electron chi connectivity index (χ1n) is 7.52. The van der Waals surface area contributed by atoms with E-state index < -0.39 is 0 Å². The predicted octanol–water partition coefficient (Wildman–Crippen LogP) is 2.32. The lowest BCUT2D eigenvalue weighted by molar-refractivity contribution is 0.491. The highest BCUT2D eigenvalue weighted by molar-refractivity contribution is 5.76. The van der Waals surface area contributed by atoms with E-state index in [4.69, 9.17) is 0 Å². The third kappa shape index (κ3) is 2.90. The molecule has 1 fully saturated rings. The smallest absolute Gasteiger partial charge is 0.261 e. The van der Waals surface area contributed by atoms with Gasteiger partial charge in [0.1, 0.15) is 0 Å². The summed E-state index contributed by atoms with van der Waals surface area (Å²) >= 11 is 0. The standard InChI is InChI=1S/C16H21N3O/c20-16-14-8-3-4-9-15(14)18-12-19(16)11-5-10-17-13-6-1-2-7-13/h3-4,8-9,12-13,17H,1-2,5-7,10-11H2. The van der Waals surface area contributed by atoms with Crippen molar-refractivity contribution in [1.82, 2.24) is 14.9 Å². The molecule has 1 N–H and O–H groups in total. The molecule has 0 unspecified atom stereocenters. The van der Waals surface area contributed by atoms with Gasteiger partial charge in [0, 0.05) is 12.6 Å². The van der Waals surface area contributed by atoms with Crippen LogP contribution in [0.4, 0.5) is 0 Å². The van der Waals surface area contributed by atoms with Crippen molar-refractivity contribution in [3.05, 3.63) is 40.9 Å². The van der Waals surface area contributed by atoms with E-state index in [2.05, 4.69) is 10.3 Å². The monoisotopic (exact) mass is 271 g/mol. The Labute approximate surface area is 118 Å². The number of nitrogens with one attached hydrogen (secondary N) is 1. The number of hydrogen-bond acceptors (Lipinski definition) is 3. The molecule has 0 atom stereocenters. The van der Waals surface area contributed by atoms with Crippen molar-refractivity contribution in [3.63, 3.8) is 0 Å². The molecule has 1 saturated carbocycles. The van der Waals surface area contributed by atoms with Crippen LogP contribution in [-0.4, -0.2) is 22.1 Å². The summed E-state index contributed by atoms with van der Waals surface area (Å²) in [6, 6.07) is 8.21. The number of aromatic nitrogens is 2. The van der Waals surface area contributed by atoms with Crippen LogP contribution < -0.4 is 10.9 Å². The fourth-order valence-electron chi connectivity index (χ4n) is 2.95. The van der Waals surface area contributed by atoms with E-state index in [1.807, 2.05) is 24.3 Å². The van der Waals surface area contributed by atoms with Gasteiger partial charge in [-0.15, -0.1) is 0 Å². The van der Waals surface area contributed by atoms with Gasteiger partial charge in [0.2, 0.25) is 0 Å². The summed E-state index contributed by atoms with van der Waals surface area (Å²) in [5, 5.41) is 4.28. The van der Waals surface area contributed by atoms with E-state index in [9.17, 15) is 4.79 Å². The van der Waals surface area contributed by atoms with Crippen LogP contribution in [-0.2, 0) is 6.54 Å². The fraction of sp³-hybridized carbons (Fsp3) is 0.500. The zero-order valence-electron chi connectivity index (χ0n) is 11.7. The lowest BCUT2D eigenvalue weighted by Gasteiger charge is -2.12. The number of para-hydroxylation sites is 1. The molecule has 1 aromatic carbocycles. The predicted molar refractivity (Wildman–Crippen MR) is 80.9 cm³/mol. The molecule has 0 spiro atoms. The second-order valence-electron chi connectivity index (χ2n) is 5.55. The van der Waals surface area contributed by atoms with Crippen LogP contribution >= 0.6 is 0 Å². The summed E-state index contributed by atoms with van der Waals surface area (Å²) in [6.07, 6.45) is 7.95. The number of rotatable bonds is 5. The van der Waals surface area contributed by atoms with Crippen molar-refractivity contribution in [1.29, 1.82) is 0 Å². The molecule has 1 aliphatic carbocycles. The van der Waals surface area contributed by atoms with Crippen LogP contribution in [0.3, 0.4) is 0 Å². The molecule has 0 aliphatic heterocycles. The van der Waals surface area contributed by atoms with Gasteiger partial charge >= 0.3 is 0 Å². The second-order valence-corrected chi connectivity index (χ2v) is 5.55. The Balaban J connectivity index is 1.60. The summed E-state index contributed by atoms with van der Waals surface area (Å²) in [4.78, 5) is 16.6. The first-order valence-corrected chi connectivity index (χ1v) is 7.52. The quantitative estimate of drug-likeness (QED) is 0.849. The lowest BCUT2D eigenvalue weighted by Crippen LogP contribution is -2.29. The van der Waals surface area contributed by atoms with Crippen molar-refractivity contribution in [2.24, 2.45) is 0 Å². The Kier molecular flexibility index (Phi) is 4.11. The first kappa shape index (κ1) is 13.3. The summed E-state index contributed by atoms with van der Waals surface area (Å²) in [5.41, 5.74) is 0.842.